The second-order valence-electron chi connectivity index (χ2n) is 2.21. The highest BCUT2D eigenvalue weighted by Crippen LogP contribution is 1.88. The van der Waals surface area contributed by atoms with Crippen LogP contribution in [0, 0.1) is 0 Å². The molecule has 1 unspecified atom stereocenters. The number of nitrogens with one attached hydrogen (secondary N) is 1. The number of carbonyl (C=O) groups is 1. The van der Waals surface area contributed by atoms with Crippen molar-refractivity contribution in [3.8, 4) is 0 Å². The van der Waals surface area contributed by atoms with Gasteiger partial charge in [0.2, 0.25) is 0 Å². The largest absolute Gasteiger partial charge is 0.409 e. The van der Waals surface area contributed by atoms with Gasteiger partial charge in [-0.15, -0.1) is 0 Å². The fraction of sp³-hybridized carbons (Fsp3) is 0.600. The van der Waals surface area contributed by atoms with Crippen molar-refractivity contribution in [3.63, 3.8) is 0 Å². The summed E-state index contributed by atoms with van der Waals surface area (Å²) in [5.74, 6) is 0.0613. The summed E-state index contributed by atoms with van der Waals surface area (Å²) < 4.78 is 0. The molecule has 11 heavy (non-hydrogen) atoms. The van der Waals surface area contributed by atoms with Crippen molar-refractivity contribution in [1.82, 2.24) is 5.32 Å². The number of nitrogens with zero attached hydrogens (tertiary/aromatic N) is 1. The van der Waals surface area contributed by atoms with Crippen molar-refractivity contribution in [2.45, 2.75) is 19.4 Å². The Bertz CT molecular complexity index is 168. The van der Waals surface area contributed by atoms with Gasteiger partial charge in [0.1, 0.15) is 5.84 Å². The van der Waals surface area contributed by atoms with Crippen molar-refractivity contribution >= 4 is 11.9 Å². The Morgan fingerprint density at radius 3 is 2.64 bits per heavy atom. The van der Waals surface area contributed by atoms with Gasteiger partial charge in [0, 0.05) is 12.5 Å². The molecule has 0 aliphatic heterocycles. The van der Waals surface area contributed by atoms with E-state index in [9.17, 15) is 4.79 Å². The highest BCUT2D eigenvalue weighted by Gasteiger charge is 2.05. The predicted molar refractivity (Wildman–Crippen MR) is 40.2 cm³/mol. The van der Waals surface area contributed by atoms with E-state index in [0.29, 0.717) is 0 Å². The molecule has 6 nitrogen and oxygen atoms in total. The maximum atomic E-state index is 10.2. The van der Waals surface area contributed by atoms with Crippen LogP contribution in [-0.4, -0.2) is 23.1 Å². The van der Waals surface area contributed by atoms with Crippen LogP contribution in [0.1, 0.15) is 13.3 Å². The molecule has 0 rings (SSSR count). The lowest BCUT2D eigenvalue weighted by Gasteiger charge is -2.09. The first-order valence-corrected chi connectivity index (χ1v) is 3.08. The normalized spacial score (nSPS) is 14.1. The molecule has 0 saturated heterocycles. The minimum atomic E-state index is -0.622. The zero-order chi connectivity index (χ0) is 8.85. The lowest BCUT2D eigenvalue weighted by Crippen LogP contribution is -2.39. The molecule has 6 heteroatoms. The standard InChI is InChI=1S/C5H12N4O2/c1-3(8-5(7)10)2-4(6)9-11/h3,11H,2H2,1H3,(H2,6,9)(H3,7,8,10). The number of rotatable bonds is 3. The predicted octanol–water partition coefficient (Wildman–Crippen LogP) is -0.820. The van der Waals surface area contributed by atoms with E-state index in [1.165, 1.54) is 0 Å². The first kappa shape index (κ1) is 9.54. The molecule has 0 fully saturated rings. The van der Waals surface area contributed by atoms with Crippen molar-refractivity contribution in [3.05, 3.63) is 0 Å². The Hall–Kier alpha value is -1.46. The van der Waals surface area contributed by atoms with E-state index < -0.39 is 6.03 Å². The monoisotopic (exact) mass is 160 g/mol. The number of amides is 2. The number of nitrogens with two attached hydrogens (primary N) is 2. The van der Waals surface area contributed by atoms with Crippen LogP contribution in [0.5, 0.6) is 0 Å². The molecular formula is C5H12N4O2. The zero-order valence-corrected chi connectivity index (χ0v) is 6.24. The van der Waals surface area contributed by atoms with Crippen LogP contribution in [0.2, 0.25) is 0 Å². The molecule has 0 aromatic rings. The Kier molecular flexibility index (Phi) is 3.79. The van der Waals surface area contributed by atoms with E-state index in [1.54, 1.807) is 6.92 Å². The number of carbonyl (C=O) groups excluding carboxylic acids is 1. The lowest BCUT2D eigenvalue weighted by molar-refractivity contribution is 0.246. The van der Waals surface area contributed by atoms with Crippen LogP contribution in [0.4, 0.5) is 4.79 Å². The minimum Gasteiger partial charge on any atom is -0.409 e. The van der Waals surface area contributed by atoms with E-state index >= 15 is 0 Å². The van der Waals surface area contributed by atoms with Crippen LogP contribution in [-0.2, 0) is 0 Å². The fourth-order valence-electron chi connectivity index (χ4n) is 0.648. The van der Waals surface area contributed by atoms with Crippen LogP contribution >= 0.6 is 0 Å². The Balaban J connectivity index is 3.69. The quantitative estimate of drug-likeness (QED) is 0.187. The molecule has 0 aromatic heterocycles. The Labute approximate surface area is 64.2 Å². The van der Waals surface area contributed by atoms with Crippen LogP contribution in [0.3, 0.4) is 0 Å². The fourth-order valence-corrected chi connectivity index (χ4v) is 0.648. The van der Waals surface area contributed by atoms with Crippen molar-refractivity contribution in [2.75, 3.05) is 0 Å². The number of hydrogen-bond donors (Lipinski definition) is 4. The number of hydrogen-bond acceptors (Lipinski definition) is 3. The molecule has 0 spiro atoms. The van der Waals surface area contributed by atoms with Gasteiger partial charge in [-0.05, 0) is 6.92 Å². The second-order valence-corrected chi connectivity index (χ2v) is 2.21. The van der Waals surface area contributed by atoms with E-state index in [4.69, 9.17) is 16.7 Å². The Morgan fingerprint density at radius 1 is 1.73 bits per heavy atom. The molecule has 64 valence electrons. The van der Waals surface area contributed by atoms with Gasteiger partial charge in [-0.1, -0.05) is 5.16 Å². The van der Waals surface area contributed by atoms with Crippen LogP contribution in [0.25, 0.3) is 0 Å². The average molecular weight is 160 g/mol. The molecule has 6 N–H and O–H groups in total. The van der Waals surface area contributed by atoms with Gasteiger partial charge in [0.05, 0.1) is 0 Å². The molecule has 0 aromatic carbocycles. The summed E-state index contributed by atoms with van der Waals surface area (Å²) >= 11 is 0. The van der Waals surface area contributed by atoms with E-state index in [0.717, 1.165) is 0 Å². The molecular weight excluding hydrogens is 148 g/mol. The summed E-state index contributed by atoms with van der Waals surface area (Å²) in [6.45, 7) is 1.70. The molecule has 0 saturated carbocycles. The molecule has 0 bridgehead atoms. The Morgan fingerprint density at radius 2 is 2.27 bits per heavy atom. The third-order valence-corrected chi connectivity index (χ3v) is 1.03. The lowest BCUT2D eigenvalue weighted by atomic mass is 10.2. The van der Waals surface area contributed by atoms with Gasteiger partial charge in [-0.2, -0.15) is 0 Å². The number of amidine groups is 1. The summed E-state index contributed by atoms with van der Waals surface area (Å²) in [7, 11) is 0. The summed E-state index contributed by atoms with van der Waals surface area (Å²) in [5, 5.41) is 13.2. The SMILES string of the molecule is CC(CC(N)=NO)NC(N)=O. The third kappa shape index (κ3) is 5.01. The first-order chi connectivity index (χ1) is 5.06. The molecule has 1 atom stereocenters. The van der Waals surface area contributed by atoms with Crippen molar-refractivity contribution in [2.24, 2.45) is 16.6 Å². The van der Waals surface area contributed by atoms with Crippen LogP contribution < -0.4 is 16.8 Å². The summed E-state index contributed by atoms with van der Waals surface area (Å²) in [6, 6.07) is -0.841. The van der Waals surface area contributed by atoms with E-state index in [2.05, 4.69) is 10.5 Å². The molecule has 0 aliphatic rings. The highest BCUT2D eigenvalue weighted by molar-refractivity contribution is 5.81. The summed E-state index contributed by atoms with van der Waals surface area (Å²) in [6.07, 6.45) is 0.277. The van der Waals surface area contributed by atoms with E-state index in [1.807, 2.05) is 0 Å². The van der Waals surface area contributed by atoms with Gasteiger partial charge in [-0.25, -0.2) is 4.79 Å². The smallest absolute Gasteiger partial charge is 0.312 e. The number of urea groups is 1. The average Bonchev–Trinajstić information content (AvgIpc) is 1.85. The van der Waals surface area contributed by atoms with Gasteiger partial charge in [0.15, 0.2) is 0 Å². The molecule has 0 radical (unpaired) electrons. The topological polar surface area (TPSA) is 114 Å². The zero-order valence-electron chi connectivity index (χ0n) is 6.24. The first-order valence-electron chi connectivity index (χ1n) is 3.08. The number of oxime groups is 1. The second kappa shape index (κ2) is 4.37. The molecule has 2 amide bonds. The minimum absolute atomic E-state index is 0.0613. The molecule has 0 heterocycles. The number of primary amides is 1. The van der Waals surface area contributed by atoms with Gasteiger partial charge >= 0.3 is 6.03 Å². The van der Waals surface area contributed by atoms with Gasteiger partial charge in [0.25, 0.3) is 0 Å². The summed E-state index contributed by atoms with van der Waals surface area (Å²) in [5.41, 5.74) is 9.97. The van der Waals surface area contributed by atoms with E-state index in [-0.39, 0.29) is 18.3 Å². The summed E-state index contributed by atoms with van der Waals surface area (Å²) in [4.78, 5) is 10.2. The van der Waals surface area contributed by atoms with Crippen molar-refractivity contribution in [1.29, 1.82) is 0 Å². The maximum absolute atomic E-state index is 10.2. The van der Waals surface area contributed by atoms with Crippen LogP contribution in [0.15, 0.2) is 5.16 Å². The van der Waals surface area contributed by atoms with Gasteiger partial charge < -0.3 is 22.0 Å². The van der Waals surface area contributed by atoms with Crippen molar-refractivity contribution < 1.29 is 10.0 Å². The molecule has 0 aliphatic carbocycles. The third-order valence-electron chi connectivity index (χ3n) is 1.03. The highest BCUT2D eigenvalue weighted by atomic mass is 16.4. The maximum Gasteiger partial charge on any atom is 0.312 e. The van der Waals surface area contributed by atoms with Gasteiger partial charge in [-0.3, -0.25) is 0 Å².